The van der Waals surface area contributed by atoms with Crippen molar-refractivity contribution in [3.63, 3.8) is 0 Å². The van der Waals surface area contributed by atoms with Crippen LogP contribution >= 0.6 is 0 Å². The van der Waals surface area contributed by atoms with E-state index in [1.165, 1.54) is 11.1 Å². The topological polar surface area (TPSA) is 52.7 Å². The van der Waals surface area contributed by atoms with Gasteiger partial charge in [-0.3, -0.25) is 14.5 Å². The number of piperazine rings is 1. The number of benzene rings is 2. The first-order valence-corrected chi connectivity index (χ1v) is 10.2. The van der Waals surface area contributed by atoms with Crippen molar-refractivity contribution in [2.75, 3.05) is 38.0 Å². The van der Waals surface area contributed by atoms with Gasteiger partial charge in [0.05, 0.1) is 6.54 Å². The van der Waals surface area contributed by atoms with E-state index < -0.39 is 0 Å². The minimum Gasteiger partial charge on any atom is -0.336 e. The molecule has 2 aromatic carbocycles. The molecule has 0 unspecified atom stereocenters. The molecule has 1 aliphatic rings. The van der Waals surface area contributed by atoms with Crippen LogP contribution in [0.3, 0.4) is 0 Å². The first-order chi connectivity index (χ1) is 13.7. The second-order valence-corrected chi connectivity index (χ2v) is 8.19. The Kier molecular flexibility index (Phi) is 6.38. The van der Waals surface area contributed by atoms with Gasteiger partial charge in [0, 0.05) is 37.4 Å². The Morgan fingerprint density at radius 3 is 2.03 bits per heavy atom. The molecule has 1 fully saturated rings. The van der Waals surface area contributed by atoms with Crippen molar-refractivity contribution in [3.8, 4) is 0 Å². The highest BCUT2D eigenvalue weighted by Gasteiger charge is 2.23. The first kappa shape index (κ1) is 21.1. The number of nitrogens with zero attached hydrogens (tertiary/aromatic N) is 2. The fourth-order valence-corrected chi connectivity index (χ4v) is 3.93. The minimum absolute atomic E-state index is 0.00557. The van der Waals surface area contributed by atoms with Gasteiger partial charge in [-0.2, -0.15) is 0 Å². The van der Waals surface area contributed by atoms with Crippen molar-refractivity contribution in [1.29, 1.82) is 0 Å². The Morgan fingerprint density at radius 1 is 0.828 bits per heavy atom. The van der Waals surface area contributed by atoms with Gasteiger partial charge in [0.2, 0.25) is 5.91 Å². The molecule has 0 atom stereocenters. The fourth-order valence-electron chi connectivity index (χ4n) is 3.93. The maximum atomic E-state index is 12.8. The van der Waals surface area contributed by atoms with E-state index in [1.54, 1.807) is 0 Å². The summed E-state index contributed by atoms with van der Waals surface area (Å²) in [6.07, 6.45) is 0. The van der Waals surface area contributed by atoms with E-state index in [2.05, 4.69) is 29.3 Å². The quantitative estimate of drug-likeness (QED) is 0.863. The van der Waals surface area contributed by atoms with Crippen LogP contribution in [-0.2, 0) is 4.79 Å². The molecule has 5 nitrogen and oxygen atoms in total. The number of amides is 2. The smallest absolute Gasteiger partial charge is 0.253 e. The van der Waals surface area contributed by atoms with E-state index in [0.29, 0.717) is 32.7 Å². The average Bonchev–Trinajstić information content (AvgIpc) is 2.67. The summed E-state index contributed by atoms with van der Waals surface area (Å²) in [5.74, 6) is 0.0668. The summed E-state index contributed by atoms with van der Waals surface area (Å²) in [5.41, 5.74) is 7.33. The Morgan fingerprint density at radius 2 is 1.45 bits per heavy atom. The summed E-state index contributed by atoms with van der Waals surface area (Å²) < 4.78 is 0. The Hall–Kier alpha value is -2.66. The standard InChI is InChI=1S/C24H31N3O2/c1-16-12-19(4)23(20(5)13-16)25-22(28)15-26-8-10-27(11-9-26)24(29)21-7-6-17(2)18(3)14-21/h6-7,12-14H,8-11,15H2,1-5H3,(H,25,28). The third kappa shape index (κ3) is 5.04. The third-order valence-electron chi connectivity index (χ3n) is 5.72. The molecular formula is C24H31N3O2. The zero-order valence-corrected chi connectivity index (χ0v) is 18.1. The summed E-state index contributed by atoms with van der Waals surface area (Å²) in [6, 6.07) is 10.0. The molecule has 1 N–H and O–H groups in total. The third-order valence-corrected chi connectivity index (χ3v) is 5.72. The van der Waals surface area contributed by atoms with Crippen molar-refractivity contribution < 1.29 is 9.59 Å². The van der Waals surface area contributed by atoms with Crippen LogP contribution in [0.1, 0.15) is 38.2 Å². The number of hydrogen-bond donors (Lipinski definition) is 1. The van der Waals surface area contributed by atoms with Gasteiger partial charge in [0.1, 0.15) is 0 Å². The molecule has 2 amide bonds. The van der Waals surface area contributed by atoms with Gasteiger partial charge in [-0.15, -0.1) is 0 Å². The van der Waals surface area contributed by atoms with Gasteiger partial charge in [-0.25, -0.2) is 0 Å². The highest BCUT2D eigenvalue weighted by molar-refractivity contribution is 5.95. The molecule has 0 saturated carbocycles. The van der Waals surface area contributed by atoms with Gasteiger partial charge in [0.15, 0.2) is 0 Å². The highest BCUT2D eigenvalue weighted by atomic mass is 16.2. The first-order valence-electron chi connectivity index (χ1n) is 10.2. The van der Waals surface area contributed by atoms with E-state index in [9.17, 15) is 9.59 Å². The van der Waals surface area contributed by atoms with Crippen LogP contribution < -0.4 is 5.32 Å². The number of rotatable bonds is 4. The predicted molar refractivity (Wildman–Crippen MR) is 118 cm³/mol. The van der Waals surface area contributed by atoms with E-state index in [4.69, 9.17) is 0 Å². The van der Waals surface area contributed by atoms with Crippen LogP contribution in [0.5, 0.6) is 0 Å². The van der Waals surface area contributed by atoms with Crippen LogP contribution in [-0.4, -0.2) is 54.3 Å². The van der Waals surface area contributed by atoms with E-state index in [0.717, 1.165) is 27.9 Å². The predicted octanol–water partition coefficient (Wildman–Crippen LogP) is 3.63. The van der Waals surface area contributed by atoms with E-state index >= 15 is 0 Å². The summed E-state index contributed by atoms with van der Waals surface area (Å²) in [7, 11) is 0. The normalized spacial score (nSPS) is 14.7. The maximum absolute atomic E-state index is 12.8. The molecule has 0 bridgehead atoms. The SMILES string of the molecule is Cc1cc(C)c(NC(=O)CN2CCN(C(=O)c3ccc(C)c(C)c3)CC2)c(C)c1. The lowest BCUT2D eigenvalue weighted by Crippen LogP contribution is -2.50. The number of hydrogen-bond acceptors (Lipinski definition) is 3. The van der Waals surface area contributed by atoms with Gasteiger partial charge in [-0.1, -0.05) is 23.8 Å². The largest absolute Gasteiger partial charge is 0.336 e. The molecule has 1 aliphatic heterocycles. The molecule has 29 heavy (non-hydrogen) atoms. The lowest BCUT2D eigenvalue weighted by atomic mass is 10.0. The highest BCUT2D eigenvalue weighted by Crippen LogP contribution is 2.22. The zero-order chi connectivity index (χ0) is 21.1. The van der Waals surface area contributed by atoms with Crippen LogP contribution in [0.15, 0.2) is 30.3 Å². The van der Waals surface area contributed by atoms with Crippen molar-refractivity contribution in [2.45, 2.75) is 34.6 Å². The number of aryl methyl sites for hydroxylation is 5. The van der Waals surface area contributed by atoms with Crippen LogP contribution in [0.4, 0.5) is 5.69 Å². The minimum atomic E-state index is -0.00557. The van der Waals surface area contributed by atoms with Crippen molar-refractivity contribution in [1.82, 2.24) is 9.80 Å². The van der Waals surface area contributed by atoms with Gasteiger partial charge < -0.3 is 10.2 Å². The Bertz CT molecular complexity index is 905. The van der Waals surface area contributed by atoms with Crippen LogP contribution in [0, 0.1) is 34.6 Å². The molecule has 0 aromatic heterocycles. The van der Waals surface area contributed by atoms with Crippen LogP contribution in [0.2, 0.25) is 0 Å². The number of nitrogens with one attached hydrogen (secondary N) is 1. The second-order valence-electron chi connectivity index (χ2n) is 8.19. The summed E-state index contributed by atoms with van der Waals surface area (Å²) in [6.45, 7) is 13.2. The lowest BCUT2D eigenvalue weighted by Gasteiger charge is -2.34. The molecule has 0 spiro atoms. The molecule has 154 valence electrons. The fraction of sp³-hybridized carbons (Fsp3) is 0.417. The van der Waals surface area contributed by atoms with Crippen LogP contribution in [0.25, 0.3) is 0 Å². The number of anilines is 1. The van der Waals surface area contributed by atoms with Crippen molar-refractivity contribution >= 4 is 17.5 Å². The molecule has 2 aromatic rings. The zero-order valence-electron chi connectivity index (χ0n) is 18.1. The van der Waals surface area contributed by atoms with Gasteiger partial charge >= 0.3 is 0 Å². The van der Waals surface area contributed by atoms with E-state index in [1.807, 2.05) is 50.8 Å². The molecule has 1 saturated heterocycles. The molecule has 5 heteroatoms. The molecular weight excluding hydrogens is 362 g/mol. The van der Waals surface area contributed by atoms with Gasteiger partial charge in [-0.05, 0) is 69.0 Å². The lowest BCUT2D eigenvalue weighted by molar-refractivity contribution is -0.117. The Balaban J connectivity index is 1.54. The molecule has 1 heterocycles. The summed E-state index contributed by atoms with van der Waals surface area (Å²) in [4.78, 5) is 29.3. The van der Waals surface area contributed by atoms with Gasteiger partial charge in [0.25, 0.3) is 5.91 Å². The average molecular weight is 394 g/mol. The molecule has 0 radical (unpaired) electrons. The summed E-state index contributed by atoms with van der Waals surface area (Å²) in [5, 5.41) is 3.06. The molecule has 0 aliphatic carbocycles. The maximum Gasteiger partial charge on any atom is 0.253 e. The number of carbonyl (C=O) groups is 2. The number of carbonyl (C=O) groups excluding carboxylic acids is 2. The monoisotopic (exact) mass is 393 g/mol. The second kappa shape index (κ2) is 8.78. The Labute approximate surface area is 173 Å². The van der Waals surface area contributed by atoms with Crippen molar-refractivity contribution in [3.05, 3.63) is 63.7 Å². The molecule has 3 rings (SSSR count). The van der Waals surface area contributed by atoms with E-state index in [-0.39, 0.29) is 11.8 Å². The van der Waals surface area contributed by atoms with Crippen molar-refractivity contribution in [2.24, 2.45) is 0 Å². The summed E-state index contributed by atoms with van der Waals surface area (Å²) >= 11 is 0.